The van der Waals surface area contributed by atoms with Gasteiger partial charge in [-0.1, -0.05) is 18.2 Å². The molecule has 3 rings (SSSR count). The molecular weight excluding hydrogens is 255 g/mol. The number of hydrogen-bond acceptors (Lipinski definition) is 4. The van der Waals surface area contributed by atoms with Crippen molar-refractivity contribution in [3.05, 3.63) is 24.3 Å². The van der Waals surface area contributed by atoms with Crippen molar-refractivity contribution < 1.29 is 25.6 Å². The molecule has 0 bridgehead atoms. The van der Waals surface area contributed by atoms with Gasteiger partial charge < -0.3 is 18.8 Å². The van der Waals surface area contributed by atoms with E-state index in [1.807, 2.05) is 27.7 Å². The number of hydrogen-bond donors (Lipinski definition) is 0. The van der Waals surface area contributed by atoms with Crippen LogP contribution in [0.4, 0.5) is 0 Å². The molecule has 0 saturated carbocycles. The summed E-state index contributed by atoms with van der Waals surface area (Å²) in [6.45, 7) is 2.44. The van der Waals surface area contributed by atoms with Crippen LogP contribution < -0.4 is 10.2 Å². The van der Waals surface area contributed by atoms with Crippen LogP contribution in [0.3, 0.4) is 0 Å². The summed E-state index contributed by atoms with van der Waals surface area (Å²) in [5, 5.41) is 0. The Kier molecular flexibility index (Phi) is 2.16. The molecule has 0 radical (unpaired) electrons. The first-order valence-corrected chi connectivity index (χ1v) is 6.56. The number of rotatable bonds is 3. The van der Waals surface area contributed by atoms with E-state index in [4.69, 9.17) is 20.9 Å². The molecule has 0 aromatic heterocycles. The highest BCUT2D eigenvalue weighted by Crippen LogP contribution is 2.37. The minimum absolute atomic E-state index is 0.118. The lowest BCUT2D eigenvalue weighted by atomic mass is 9.78. The highest BCUT2D eigenvalue weighted by atomic mass is 16.7. The van der Waals surface area contributed by atoms with Gasteiger partial charge in [0.15, 0.2) is 0 Å². The molecule has 0 unspecified atom stereocenters. The maximum atomic E-state index is 8.15. The van der Waals surface area contributed by atoms with Crippen molar-refractivity contribution in [1.29, 1.82) is 0 Å². The molecule has 2 aliphatic rings. The van der Waals surface area contributed by atoms with Crippen LogP contribution in [0.5, 0.6) is 5.75 Å². The largest absolute Gasteiger partial charge is 0.498 e. The Balaban J connectivity index is 1.94. The Morgan fingerprint density at radius 2 is 1.80 bits per heavy atom. The molecule has 2 fully saturated rings. The average Bonchev–Trinajstić information content (AvgIpc) is 2.66. The van der Waals surface area contributed by atoms with Gasteiger partial charge in [0.2, 0.25) is 0 Å². The zero-order valence-electron chi connectivity index (χ0n) is 17.0. The minimum atomic E-state index is -2.58. The predicted molar refractivity (Wildman–Crippen MR) is 77.4 cm³/mol. The van der Waals surface area contributed by atoms with E-state index >= 15 is 0 Å². The lowest BCUT2D eigenvalue weighted by Gasteiger charge is -2.32. The van der Waals surface area contributed by atoms with Gasteiger partial charge in [0.25, 0.3) is 0 Å². The maximum absolute atomic E-state index is 8.15. The normalized spacial score (nSPS) is 34.8. The molecule has 2 saturated heterocycles. The minimum Gasteiger partial charge on any atom is -0.486 e. The third-order valence-electron chi connectivity index (χ3n) is 3.93. The smallest absolute Gasteiger partial charge is 0.486 e. The second-order valence-electron chi connectivity index (χ2n) is 5.86. The SMILES string of the molecule is [2H]C1([2H])OC([2H])([2H])C1([2H])Oc1ccccc1B1OC(C)(C)C(C)(C)O1. The lowest BCUT2D eigenvalue weighted by Crippen LogP contribution is -2.42. The highest BCUT2D eigenvalue weighted by molar-refractivity contribution is 6.63. The van der Waals surface area contributed by atoms with Crippen LogP contribution in [0.2, 0.25) is 0 Å². The van der Waals surface area contributed by atoms with Crippen LogP contribution in [0.15, 0.2) is 24.3 Å². The molecule has 4 nitrogen and oxygen atoms in total. The van der Waals surface area contributed by atoms with Crippen LogP contribution in [0, 0.1) is 0 Å². The van der Waals surface area contributed by atoms with E-state index in [0.717, 1.165) is 0 Å². The van der Waals surface area contributed by atoms with E-state index in [2.05, 4.69) is 4.74 Å². The fourth-order valence-corrected chi connectivity index (χ4v) is 1.98. The van der Waals surface area contributed by atoms with Gasteiger partial charge in [0.1, 0.15) is 11.8 Å². The van der Waals surface area contributed by atoms with Crippen LogP contribution in [-0.4, -0.2) is 37.5 Å². The van der Waals surface area contributed by atoms with Gasteiger partial charge in [-0.3, -0.25) is 0 Å². The van der Waals surface area contributed by atoms with Gasteiger partial charge in [-0.15, -0.1) is 0 Å². The topological polar surface area (TPSA) is 36.9 Å². The van der Waals surface area contributed by atoms with Gasteiger partial charge >= 0.3 is 7.12 Å². The molecule has 5 heteroatoms. The predicted octanol–water partition coefficient (Wildman–Crippen LogP) is 1.76. The Morgan fingerprint density at radius 3 is 2.40 bits per heavy atom. The van der Waals surface area contributed by atoms with Gasteiger partial charge in [0, 0.05) is 5.46 Å². The van der Waals surface area contributed by atoms with Crippen LogP contribution in [-0.2, 0) is 14.0 Å². The number of ether oxygens (including phenoxy) is 2. The van der Waals surface area contributed by atoms with Crippen LogP contribution in [0.1, 0.15) is 34.5 Å². The summed E-state index contributed by atoms with van der Waals surface area (Å²) in [5.74, 6) is 0.118. The maximum Gasteiger partial charge on any atom is 0.498 e. The molecule has 0 atom stereocenters. The highest BCUT2D eigenvalue weighted by Gasteiger charge is 2.52. The van der Waals surface area contributed by atoms with Crippen molar-refractivity contribution in [2.45, 2.75) is 45.0 Å². The third kappa shape index (κ3) is 2.34. The monoisotopic (exact) mass is 281 g/mol. The average molecular weight is 281 g/mol. The molecule has 0 amide bonds. The first kappa shape index (κ1) is 9.08. The number of benzene rings is 1. The second kappa shape index (κ2) is 4.76. The first-order valence-electron chi connectivity index (χ1n) is 9.06. The van der Waals surface area contributed by atoms with Gasteiger partial charge in [-0.25, -0.2) is 0 Å². The first-order chi connectivity index (χ1) is 11.2. The van der Waals surface area contributed by atoms with E-state index in [9.17, 15) is 0 Å². The molecular formula is C15H21BO4. The van der Waals surface area contributed by atoms with Crippen molar-refractivity contribution in [3.63, 3.8) is 0 Å². The second-order valence-corrected chi connectivity index (χ2v) is 5.86. The van der Waals surface area contributed by atoms with Crippen molar-refractivity contribution in [3.8, 4) is 5.75 Å². The van der Waals surface area contributed by atoms with Gasteiger partial charge in [-0.05, 0) is 33.8 Å². The summed E-state index contributed by atoms with van der Waals surface area (Å²) in [6.07, 6.45) is -2.54. The summed E-state index contributed by atoms with van der Waals surface area (Å²) in [6, 6.07) is 6.61. The molecule has 2 aliphatic heterocycles. The molecule has 108 valence electrons. The molecule has 20 heavy (non-hydrogen) atoms. The summed E-state index contributed by atoms with van der Waals surface area (Å²) in [4.78, 5) is 0. The molecule has 0 N–H and O–H groups in total. The Labute approximate surface area is 127 Å². The third-order valence-corrected chi connectivity index (χ3v) is 3.93. The number of para-hydroxylation sites is 1. The van der Waals surface area contributed by atoms with Crippen LogP contribution >= 0.6 is 0 Å². The molecule has 0 spiro atoms. The summed E-state index contributed by atoms with van der Waals surface area (Å²) < 4.78 is 60.8. The van der Waals surface area contributed by atoms with Crippen molar-refractivity contribution in [2.24, 2.45) is 0 Å². The van der Waals surface area contributed by atoms with Gasteiger partial charge in [0.05, 0.1) is 31.2 Å². The Morgan fingerprint density at radius 1 is 1.20 bits per heavy atom. The zero-order valence-corrected chi connectivity index (χ0v) is 12.0. The fraction of sp³-hybridized carbons (Fsp3) is 0.600. The Hall–Kier alpha value is -1.04. The zero-order chi connectivity index (χ0) is 18.9. The van der Waals surface area contributed by atoms with E-state index in [1.54, 1.807) is 18.2 Å². The van der Waals surface area contributed by atoms with E-state index in [1.165, 1.54) is 6.07 Å². The van der Waals surface area contributed by atoms with E-state index < -0.39 is 37.5 Å². The van der Waals surface area contributed by atoms with Crippen LogP contribution in [0.25, 0.3) is 0 Å². The molecule has 1 aromatic carbocycles. The summed E-state index contributed by atoms with van der Waals surface area (Å²) in [7, 11) is -0.775. The fourth-order valence-electron chi connectivity index (χ4n) is 1.98. The van der Waals surface area contributed by atoms with E-state index in [-0.39, 0.29) is 5.75 Å². The molecule has 2 heterocycles. The molecule has 1 aromatic rings. The summed E-state index contributed by atoms with van der Waals surface area (Å²) >= 11 is 0. The van der Waals surface area contributed by atoms with Crippen molar-refractivity contribution in [2.75, 3.05) is 13.1 Å². The van der Waals surface area contributed by atoms with Crippen molar-refractivity contribution in [1.82, 2.24) is 0 Å². The van der Waals surface area contributed by atoms with Crippen molar-refractivity contribution >= 4 is 12.6 Å². The Bertz CT molecular complexity index is 664. The van der Waals surface area contributed by atoms with Gasteiger partial charge in [-0.2, -0.15) is 0 Å². The standard InChI is InChI=1S/C15H21BO4/c1-14(2)15(3,4)20-16(19-14)12-7-5-6-8-13(12)18-11-9-17-10-11/h5-8,11H,9-10H2,1-4H3/i9D2,10D2,11D. The lowest BCUT2D eigenvalue weighted by molar-refractivity contribution is -0.0793. The van der Waals surface area contributed by atoms with E-state index in [0.29, 0.717) is 5.46 Å². The quantitative estimate of drug-likeness (QED) is 0.791. The molecule has 0 aliphatic carbocycles. The summed E-state index contributed by atoms with van der Waals surface area (Å²) in [5.41, 5.74) is -0.690.